The molecule has 0 spiro atoms. The summed E-state index contributed by atoms with van der Waals surface area (Å²) in [4.78, 5) is 30.4. The smallest absolute Gasteiger partial charge is 0.271 e. The summed E-state index contributed by atoms with van der Waals surface area (Å²) in [6.07, 6.45) is 0. The largest absolute Gasteiger partial charge is 0.487 e. The fourth-order valence-electron chi connectivity index (χ4n) is 2.94. The number of hydrogen-bond donors (Lipinski definition) is 1. The molecule has 0 aliphatic heterocycles. The number of aromatic nitrogens is 1. The molecule has 2 aromatic carbocycles. The third-order valence-corrected chi connectivity index (χ3v) is 4.89. The lowest BCUT2D eigenvalue weighted by molar-refractivity contribution is 0.0821. The molecule has 0 saturated carbocycles. The number of carbonyl (C=O) groups is 2. The zero-order chi connectivity index (χ0) is 23.3. The van der Waals surface area contributed by atoms with Crippen molar-refractivity contribution in [2.45, 2.75) is 13.5 Å². The van der Waals surface area contributed by atoms with Gasteiger partial charge < -0.3 is 15.0 Å². The third-order valence-electron chi connectivity index (χ3n) is 4.60. The molecule has 7 nitrogen and oxygen atoms in total. The monoisotopic (exact) mass is 448 g/mol. The van der Waals surface area contributed by atoms with E-state index < -0.39 is 0 Å². The molecule has 0 saturated heterocycles. The van der Waals surface area contributed by atoms with Gasteiger partial charge in [-0.1, -0.05) is 23.7 Å². The third kappa shape index (κ3) is 5.42. The second-order valence-corrected chi connectivity index (χ2v) is 7.64. The first-order valence-electron chi connectivity index (χ1n) is 9.70. The maximum absolute atomic E-state index is 12.7. The van der Waals surface area contributed by atoms with E-state index in [1.165, 1.54) is 11.0 Å². The number of nitrogens with one attached hydrogen (secondary N) is 1. The molecule has 1 N–H and O–H groups in total. The Morgan fingerprint density at radius 2 is 1.94 bits per heavy atom. The molecule has 3 rings (SSSR count). The average Bonchev–Trinajstić information content (AvgIpc) is 2.77. The van der Waals surface area contributed by atoms with E-state index in [9.17, 15) is 9.59 Å². The fourth-order valence-corrected chi connectivity index (χ4v) is 3.17. The number of anilines is 1. The molecule has 0 aliphatic carbocycles. The maximum atomic E-state index is 12.7. The van der Waals surface area contributed by atoms with Gasteiger partial charge in [-0.3, -0.25) is 9.59 Å². The molecule has 0 bridgehead atoms. The van der Waals surface area contributed by atoms with Gasteiger partial charge in [0.25, 0.3) is 11.8 Å². The van der Waals surface area contributed by atoms with Crippen LogP contribution in [0.15, 0.2) is 54.6 Å². The molecule has 0 unspecified atom stereocenters. The van der Waals surface area contributed by atoms with Crippen LogP contribution in [-0.2, 0) is 6.61 Å². The van der Waals surface area contributed by atoms with E-state index in [4.69, 9.17) is 21.6 Å². The van der Waals surface area contributed by atoms with Crippen molar-refractivity contribution in [3.63, 3.8) is 0 Å². The van der Waals surface area contributed by atoms with Crippen molar-refractivity contribution >= 4 is 29.1 Å². The molecule has 1 heterocycles. The molecule has 2 amide bonds. The number of nitrogens with zero attached hydrogens (tertiary/aromatic N) is 3. The normalized spacial score (nSPS) is 10.2. The van der Waals surface area contributed by atoms with Gasteiger partial charge in [0.2, 0.25) is 0 Å². The number of rotatable bonds is 6. The van der Waals surface area contributed by atoms with E-state index in [2.05, 4.69) is 16.4 Å². The van der Waals surface area contributed by atoms with E-state index >= 15 is 0 Å². The lowest BCUT2D eigenvalue weighted by Gasteiger charge is -2.13. The van der Waals surface area contributed by atoms with E-state index in [0.717, 1.165) is 5.56 Å². The van der Waals surface area contributed by atoms with Crippen molar-refractivity contribution in [1.82, 2.24) is 9.88 Å². The molecule has 8 heteroatoms. The predicted octanol–water partition coefficient (Wildman–Crippen LogP) is 4.45. The minimum absolute atomic E-state index is 0.234. The van der Waals surface area contributed by atoms with Gasteiger partial charge in [0.1, 0.15) is 18.1 Å². The molecular formula is C24H21ClN4O3. The lowest BCUT2D eigenvalue weighted by atomic mass is 10.1. The first-order valence-corrected chi connectivity index (χ1v) is 10.1. The van der Waals surface area contributed by atoms with Gasteiger partial charge >= 0.3 is 0 Å². The van der Waals surface area contributed by atoms with E-state index in [1.807, 2.05) is 6.07 Å². The van der Waals surface area contributed by atoms with Gasteiger partial charge in [-0.2, -0.15) is 5.26 Å². The van der Waals surface area contributed by atoms with Crippen LogP contribution in [-0.4, -0.2) is 35.8 Å². The van der Waals surface area contributed by atoms with Crippen molar-refractivity contribution in [3.8, 4) is 11.8 Å². The first-order chi connectivity index (χ1) is 15.3. The van der Waals surface area contributed by atoms with Crippen molar-refractivity contribution in [2.24, 2.45) is 0 Å². The number of halogens is 1. The Labute approximate surface area is 191 Å². The minimum Gasteiger partial charge on any atom is -0.487 e. The van der Waals surface area contributed by atoms with Crippen LogP contribution in [0, 0.1) is 18.3 Å². The summed E-state index contributed by atoms with van der Waals surface area (Å²) >= 11 is 6.32. The molecule has 32 heavy (non-hydrogen) atoms. The Hall–Kier alpha value is -3.89. The van der Waals surface area contributed by atoms with Gasteiger partial charge in [0.15, 0.2) is 0 Å². The highest BCUT2D eigenvalue weighted by Gasteiger charge is 2.16. The summed E-state index contributed by atoms with van der Waals surface area (Å²) in [5.74, 6) is -0.143. The van der Waals surface area contributed by atoms with Gasteiger partial charge in [-0.05, 0) is 55.0 Å². The van der Waals surface area contributed by atoms with Gasteiger partial charge in [0.05, 0.1) is 27.9 Å². The van der Waals surface area contributed by atoms with Crippen LogP contribution in [0.5, 0.6) is 5.75 Å². The van der Waals surface area contributed by atoms with Crippen LogP contribution in [0.25, 0.3) is 0 Å². The molecule has 0 aliphatic rings. The van der Waals surface area contributed by atoms with Crippen molar-refractivity contribution in [2.75, 3.05) is 19.4 Å². The molecule has 0 atom stereocenters. The number of aryl methyl sites for hydroxylation is 1. The quantitative estimate of drug-likeness (QED) is 0.601. The van der Waals surface area contributed by atoms with E-state index in [-0.39, 0.29) is 24.1 Å². The molecular weight excluding hydrogens is 428 g/mol. The van der Waals surface area contributed by atoms with Crippen LogP contribution < -0.4 is 10.1 Å². The van der Waals surface area contributed by atoms with Crippen LogP contribution in [0.4, 0.5) is 5.69 Å². The number of nitriles is 1. The Balaban J connectivity index is 1.68. The Kier molecular flexibility index (Phi) is 7.08. The van der Waals surface area contributed by atoms with Gasteiger partial charge in [0, 0.05) is 19.8 Å². The highest BCUT2D eigenvalue weighted by atomic mass is 35.5. The van der Waals surface area contributed by atoms with Crippen LogP contribution in [0.2, 0.25) is 5.02 Å². The fraction of sp³-hybridized carbons (Fsp3) is 0.167. The van der Waals surface area contributed by atoms with Crippen molar-refractivity contribution < 1.29 is 14.3 Å². The Morgan fingerprint density at radius 1 is 1.16 bits per heavy atom. The summed E-state index contributed by atoms with van der Waals surface area (Å²) in [7, 11) is 3.28. The summed E-state index contributed by atoms with van der Waals surface area (Å²) in [5.41, 5.74) is 2.96. The van der Waals surface area contributed by atoms with E-state index in [1.54, 1.807) is 63.5 Å². The lowest BCUT2D eigenvalue weighted by Crippen LogP contribution is -2.23. The van der Waals surface area contributed by atoms with Gasteiger partial charge in [-0.15, -0.1) is 0 Å². The Bertz CT molecular complexity index is 1220. The van der Waals surface area contributed by atoms with E-state index in [0.29, 0.717) is 33.3 Å². The molecule has 0 fully saturated rings. The molecule has 0 radical (unpaired) electrons. The van der Waals surface area contributed by atoms with Crippen LogP contribution in [0.1, 0.15) is 37.7 Å². The maximum Gasteiger partial charge on any atom is 0.271 e. The Morgan fingerprint density at radius 3 is 2.59 bits per heavy atom. The number of hydrogen-bond acceptors (Lipinski definition) is 5. The summed E-state index contributed by atoms with van der Waals surface area (Å²) in [6.45, 7) is 1.93. The second kappa shape index (κ2) is 9.94. The first kappa shape index (κ1) is 22.8. The highest BCUT2D eigenvalue weighted by molar-refractivity contribution is 6.32. The van der Waals surface area contributed by atoms with Crippen molar-refractivity contribution in [3.05, 3.63) is 87.7 Å². The topological polar surface area (TPSA) is 95.3 Å². The summed E-state index contributed by atoms with van der Waals surface area (Å²) in [5, 5.41) is 12.1. The zero-order valence-corrected chi connectivity index (χ0v) is 18.6. The molecule has 162 valence electrons. The van der Waals surface area contributed by atoms with Crippen molar-refractivity contribution in [1.29, 1.82) is 5.26 Å². The van der Waals surface area contributed by atoms with Gasteiger partial charge in [-0.25, -0.2) is 4.98 Å². The minimum atomic E-state index is -0.364. The van der Waals surface area contributed by atoms with Crippen LogP contribution >= 0.6 is 11.6 Å². The average molecular weight is 449 g/mol. The summed E-state index contributed by atoms with van der Waals surface area (Å²) < 4.78 is 5.74. The zero-order valence-electron chi connectivity index (χ0n) is 17.8. The predicted molar refractivity (Wildman–Crippen MR) is 122 cm³/mol. The summed E-state index contributed by atoms with van der Waals surface area (Å²) in [6, 6.07) is 17.2. The standard InChI is InChI=1S/C24H21ClN4O3/c1-15-19(8-9-21(27-15)24(31)29(2)3)23(30)28-18-7-10-22(20(25)12-18)32-14-17-6-4-5-16(11-17)13-26/h4-12H,14H2,1-3H3,(H,28,30). The SMILES string of the molecule is Cc1nc(C(=O)N(C)C)ccc1C(=O)Nc1ccc(OCc2cccc(C#N)c2)c(Cl)c1. The highest BCUT2D eigenvalue weighted by Crippen LogP contribution is 2.29. The number of amides is 2. The number of benzene rings is 2. The van der Waals surface area contributed by atoms with Crippen LogP contribution in [0.3, 0.4) is 0 Å². The number of ether oxygens (including phenoxy) is 1. The molecule has 3 aromatic rings. The molecule has 1 aromatic heterocycles. The number of carbonyl (C=O) groups excluding carboxylic acids is 2. The number of pyridine rings is 1. The second-order valence-electron chi connectivity index (χ2n) is 7.23.